The summed E-state index contributed by atoms with van der Waals surface area (Å²) < 4.78 is 0. The molecule has 274 valence electrons. The summed E-state index contributed by atoms with van der Waals surface area (Å²) in [4.78, 5) is 2.57. The van der Waals surface area contributed by atoms with E-state index >= 15 is 0 Å². The summed E-state index contributed by atoms with van der Waals surface area (Å²) in [5, 5.41) is 7.44. The van der Waals surface area contributed by atoms with Crippen LogP contribution < -0.4 is 4.90 Å². The molecule has 1 aliphatic rings. The molecule has 0 bridgehead atoms. The highest BCUT2D eigenvalue weighted by atomic mass is 15.1. The van der Waals surface area contributed by atoms with Crippen molar-refractivity contribution in [2.75, 3.05) is 4.90 Å². The fourth-order valence-corrected chi connectivity index (χ4v) is 9.56. The SMILES string of the molecule is CC1(C)c2cc3ccccc3cc2-c2c(N(c3cc(-c4ccccc4)cc(-c4ccccc4)c3)c3ccc4ccccc4c3-c3cccc4ccccc34)cccc21. The monoisotopic (exact) mass is 739 g/mol. The number of nitrogens with zero attached hydrogens (tertiary/aromatic N) is 1. The van der Waals surface area contributed by atoms with E-state index in [1.165, 1.54) is 93.6 Å². The van der Waals surface area contributed by atoms with Gasteiger partial charge in [0, 0.05) is 22.2 Å². The van der Waals surface area contributed by atoms with Crippen molar-refractivity contribution in [3.8, 4) is 44.5 Å². The summed E-state index contributed by atoms with van der Waals surface area (Å²) in [5.74, 6) is 0. The Morgan fingerprint density at radius 1 is 0.328 bits per heavy atom. The summed E-state index contributed by atoms with van der Waals surface area (Å²) in [6.45, 7) is 4.78. The second-order valence-electron chi connectivity index (χ2n) is 16.1. The fourth-order valence-electron chi connectivity index (χ4n) is 9.56. The van der Waals surface area contributed by atoms with Gasteiger partial charge in [-0.05, 0) is 119 Å². The fraction of sp³-hybridized carbons (Fsp3) is 0.0526. The van der Waals surface area contributed by atoms with Gasteiger partial charge in [-0.25, -0.2) is 0 Å². The molecule has 1 aliphatic carbocycles. The molecule has 1 nitrogen and oxygen atoms in total. The normalized spacial score (nSPS) is 12.8. The molecule has 0 heterocycles. The van der Waals surface area contributed by atoms with E-state index in [0.717, 1.165) is 11.4 Å². The van der Waals surface area contributed by atoms with Crippen molar-refractivity contribution in [3.63, 3.8) is 0 Å². The molecule has 0 saturated carbocycles. The van der Waals surface area contributed by atoms with Crippen LogP contribution in [0.15, 0.2) is 212 Å². The Balaban J connectivity index is 1.29. The standard InChI is InChI=1S/C57H41N/c1-57(2)51-29-16-30-53(56(51)50-36-42-23-9-10-24-43(42)37-52(50)57)58(46-34-44(38-17-5-3-6-18-38)33-45(35-46)39-19-7-4-8-20-39)54-32-31-41-22-12-14-27-48(41)55(54)49-28-15-25-40-21-11-13-26-47(40)49/h3-37H,1-2H3. The third-order valence-corrected chi connectivity index (χ3v) is 12.4. The first-order valence-electron chi connectivity index (χ1n) is 20.3. The van der Waals surface area contributed by atoms with Gasteiger partial charge in [0.25, 0.3) is 0 Å². The molecule has 0 radical (unpaired) electrons. The first kappa shape index (κ1) is 34.1. The predicted molar refractivity (Wildman–Crippen MR) is 248 cm³/mol. The second kappa shape index (κ2) is 13.5. The van der Waals surface area contributed by atoms with E-state index in [-0.39, 0.29) is 5.41 Å². The highest BCUT2D eigenvalue weighted by Crippen LogP contribution is 2.57. The zero-order chi connectivity index (χ0) is 38.8. The highest BCUT2D eigenvalue weighted by Gasteiger charge is 2.38. The van der Waals surface area contributed by atoms with E-state index in [1.807, 2.05) is 0 Å². The molecule has 10 aromatic rings. The molecule has 10 aromatic carbocycles. The largest absolute Gasteiger partial charge is 0.309 e. The molecule has 0 unspecified atom stereocenters. The number of fused-ring (bicyclic) bond motifs is 6. The minimum Gasteiger partial charge on any atom is -0.309 e. The van der Waals surface area contributed by atoms with Crippen LogP contribution >= 0.6 is 0 Å². The lowest BCUT2D eigenvalue weighted by Crippen LogP contribution is -2.16. The van der Waals surface area contributed by atoms with Gasteiger partial charge in [0.1, 0.15) is 0 Å². The quantitative estimate of drug-likeness (QED) is 0.164. The van der Waals surface area contributed by atoms with E-state index in [9.17, 15) is 0 Å². The van der Waals surface area contributed by atoms with Crippen LogP contribution in [0.3, 0.4) is 0 Å². The van der Waals surface area contributed by atoms with E-state index in [0.29, 0.717) is 0 Å². The van der Waals surface area contributed by atoms with Crippen LogP contribution in [-0.2, 0) is 5.41 Å². The maximum absolute atomic E-state index is 2.57. The van der Waals surface area contributed by atoms with Crippen molar-refractivity contribution >= 4 is 49.4 Å². The number of benzene rings is 10. The van der Waals surface area contributed by atoms with E-state index in [4.69, 9.17) is 0 Å². The molecule has 1 heteroatoms. The van der Waals surface area contributed by atoms with Crippen LogP contribution in [0.1, 0.15) is 25.0 Å². The average Bonchev–Trinajstić information content (AvgIpc) is 3.51. The topological polar surface area (TPSA) is 3.24 Å². The lowest BCUT2D eigenvalue weighted by molar-refractivity contribution is 0.661. The summed E-state index contributed by atoms with van der Waals surface area (Å²) in [5.41, 5.74) is 15.7. The third-order valence-electron chi connectivity index (χ3n) is 12.4. The smallest absolute Gasteiger partial charge is 0.0546 e. The van der Waals surface area contributed by atoms with E-state index in [1.54, 1.807) is 0 Å². The number of hydrogen-bond acceptors (Lipinski definition) is 1. The van der Waals surface area contributed by atoms with E-state index < -0.39 is 0 Å². The minimum atomic E-state index is -0.195. The lowest BCUT2D eigenvalue weighted by Gasteiger charge is -2.32. The van der Waals surface area contributed by atoms with Gasteiger partial charge >= 0.3 is 0 Å². The van der Waals surface area contributed by atoms with Crippen LogP contribution in [0.4, 0.5) is 17.1 Å². The first-order chi connectivity index (χ1) is 28.5. The highest BCUT2D eigenvalue weighted by molar-refractivity contribution is 6.12. The molecule has 0 N–H and O–H groups in total. The molecule has 0 fully saturated rings. The van der Waals surface area contributed by atoms with Crippen LogP contribution in [0.2, 0.25) is 0 Å². The number of anilines is 3. The lowest BCUT2D eigenvalue weighted by atomic mass is 9.82. The van der Waals surface area contributed by atoms with Gasteiger partial charge in [-0.2, -0.15) is 0 Å². The van der Waals surface area contributed by atoms with Gasteiger partial charge in [0.2, 0.25) is 0 Å². The minimum absolute atomic E-state index is 0.195. The van der Waals surface area contributed by atoms with Gasteiger partial charge in [0.15, 0.2) is 0 Å². The van der Waals surface area contributed by atoms with Crippen molar-refractivity contribution in [3.05, 3.63) is 223 Å². The molecule has 58 heavy (non-hydrogen) atoms. The molecule has 0 spiro atoms. The van der Waals surface area contributed by atoms with E-state index in [2.05, 4.69) is 231 Å². The Morgan fingerprint density at radius 3 is 1.55 bits per heavy atom. The van der Waals surface area contributed by atoms with Crippen molar-refractivity contribution in [1.82, 2.24) is 0 Å². The molecular formula is C57H41N. The van der Waals surface area contributed by atoms with Gasteiger partial charge < -0.3 is 4.90 Å². The Morgan fingerprint density at radius 2 is 0.862 bits per heavy atom. The van der Waals surface area contributed by atoms with Gasteiger partial charge in [-0.15, -0.1) is 0 Å². The molecule has 0 amide bonds. The second-order valence-corrected chi connectivity index (χ2v) is 16.1. The summed E-state index contributed by atoms with van der Waals surface area (Å²) in [6, 6.07) is 78.5. The maximum Gasteiger partial charge on any atom is 0.0546 e. The summed E-state index contributed by atoms with van der Waals surface area (Å²) in [6.07, 6.45) is 0. The Bertz CT molecular complexity index is 3130. The zero-order valence-corrected chi connectivity index (χ0v) is 32.7. The average molecular weight is 740 g/mol. The molecule has 0 atom stereocenters. The molecule has 0 aliphatic heterocycles. The van der Waals surface area contributed by atoms with Crippen LogP contribution in [0.25, 0.3) is 76.8 Å². The van der Waals surface area contributed by atoms with Crippen molar-refractivity contribution in [2.24, 2.45) is 0 Å². The summed E-state index contributed by atoms with van der Waals surface area (Å²) in [7, 11) is 0. The van der Waals surface area contributed by atoms with Gasteiger partial charge in [0.05, 0.1) is 11.4 Å². The molecule has 0 saturated heterocycles. The Hall–Kier alpha value is -7.22. The van der Waals surface area contributed by atoms with Gasteiger partial charge in [-0.1, -0.05) is 184 Å². The summed E-state index contributed by atoms with van der Waals surface area (Å²) >= 11 is 0. The number of hydrogen-bond donors (Lipinski definition) is 0. The maximum atomic E-state index is 2.57. The van der Waals surface area contributed by atoms with Crippen LogP contribution in [-0.4, -0.2) is 0 Å². The van der Waals surface area contributed by atoms with Crippen LogP contribution in [0.5, 0.6) is 0 Å². The Labute approximate surface area is 340 Å². The molecular weight excluding hydrogens is 699 g/mol. The van der Waals surface area contributed by atoms with Crippen molar-refractivity contribution in [1.29, 1.82) is 0 Å². The Kier molecular flexibility index (Phi) is 7.91. The number of rotatable bonds is 6. The third kappa shape index (κ3) is 5.46. The van der Waals surface area contributed by atoms with Crippen molar-refractivity contribution < 1.29 is 0 Å². The predicted octanol–water partition coefficient (Wildman–Crippen LogP) is 15.9. The molecule has 11 rings (SSSR count). The first-order valence-corrected chi connectivity index (χ1v) is 20.3. The zero-order valence-electron chi connectivity index (χ0n) is 32.7. The van der Waals surface area contributed by atoms with Crippen LogP contribution in [0, 0.1) is 0 Å². The van der Waals surface area contributed by atoms with Crippen molar-refractivity contribution in [2.45, 2.75) is 19.3 Å². The van der Waals surface area contributed by atoms with Gasteiger partial charge in [-0.3, -0.25) is 0 Å². The molecule has 0 aromatic heterocycles.